The van der Waals surface area contributed by atoms with Crippen LogP contribution in [0.25, 0.3) is 10.8 Å². The van der Waals surface area contributed by atoms with Crippen LogP contribution in [0.2, 0.25) is 0 Å². The second-order valence-electron chi connectivity index (χ2n) is 6.02. The van der Waals surface area contributed by atoms with Crippen molar-refractivity contribution >= 4 is 26.7 Å². The second kappa shape index (κ2) is 6.40. The van der Waals surface area contributed by atoms with E-state index in [1.54, 1.807) is 7.11 Å². The third-order valence-corrected chi connectivity index (χ3v) is 5.24. The summed E-state index contributed by atoms with van der Waals surface area (Å²) in [6.45, 7) is 0. The van der Waals surface area contributed by atoms with Crippen molar-refractivity contribution in [2.75, 3.05) is 7.11 Å². The number of methoxy groups -OCH3 is 1. The van der Waals surface area contributed by atoms with Crippen LogP contribution >= 0.6 is 15.9 Å². The zero-order valence-corrected chi connectivity index (χ0v) is 15.6. The van der Waals surface area contributed by atoms with Crippen LogP contribution in [0.15, 0.2) is 70.5 Å². The van der Waals surface area contributed by atoms with E-state index in [1.165, 1.54) is 0 Å². The number of benzene rings is 3. The largest absolute Gasteiger partial charge is 0.496 e. The normalized spacial score (nSPS) is 16.0. The average Bonchev–Trinajstić information content (AvgIpc) is 2.66. The van der Waals surface area contributed by atoms with Crippen molar-refractivity contribution in [2.24, 2.45) is 5.73 Å². The van der Waals surface area contributed by atoms with Gasteiger partial charge in [-0.1, -0.05) is 42.5 Å². The predicted octanol–water partition coefficient (Wildman–Crippen LogP) is 4.83. The predicted molar refractivity (Wildman–Crippen MR) is 104 cm³/mol. The lowest BCUT2D eigenvalue weighted by Crippen LogP contribution is -2.21. The Morgan fingerprint density at radius 1 is 1.15 bits per heavy atom. The van der Waals surface area contributed by atoms with Gasteiger partial charge in [-0.25, -0.2) is 0 Å². The topological polar surface area (TPSA) is 68.3 Å². The molecule has 0 unspecified atom stereocenters. The molecule has 0 radical (unpaired) electrons. The van der Waals surface area contributed by atoms with Gasteiger partial charge in [-0.15, -0.1) is 0 Å². The maximum Gasteiger partial charge on any atom is 0.205 e. The van der Waals surface area contributed by atoms with Crippen molar-refractivity contribution in [2.45, 2.75) is 5.92 Å². The van der Waals surface area contributed by atoms with E-state index in [1.807, 2.05) is 54.6 Å². The summed E-state index contributed by atoms with van der Waals surface area (Å²) in [5, 5.41) is 11.7. The summed E-state index contributed by atoms with van der Waals surface area (Å²) in [7, 11) is 1.62. The first kappa shape index (κ1) is 16.5. The molecule has 1 atom stereocenters. The van der Waals surface area contributed by atoms with Crippen LogP contribution in [0.3, 0.4) is 0 Å². The molecule has 3 aromatic rings. The van der Waals surface area contributed by atoms with Gasteiger partial charge in [0.2, 0.25) is 5.88 Å². The molecule has 4 nitrogen and oxygen atoms in total. The van der Waals surface area contributed by atoms with Gasteiger partial charge < -0.3 is 15.2 Å². The number of rotatable bonds is 2. The Morgan fingerprint density at radius 2 is 1.96 bits per heavy atom. The second-order valence-corrected chi connectivity index (χ2v) is 6.88. The van der Waals surface area contributed by atoms with E-state index < -0.39 is 0 Å². The van der Waals surface area contributed by atoms with E-state index in [4.69, 9.17) is 15.2 Å². The van der Waals surface area contributed by atoms with Gasteiger partial charge in [-0.2, -0.15) is 5.26 Å². The molecule has 1 heterocycles. The van der Waals surface area contributed by atoms with Crippen LogP contribution in [0, 0.1) is 11.3 Å². The zero-order valence-electron chi connectivity index (χ0n) is 14.0. The number of ether oxygens (including phenoxy) is 2. The van der Waals surface area contributed by atoms with Crippen molar-refractivity contribution in [3.8, 4) is 17.6 Å². The minimum Gasteiger partial charge on any atom is -0.496 e. The molecular weight excluding hydrogens is 392 g/mol. The van der Waals surface area contributed by atoms with Gasteiger partial charge in [-0.05, 0) is 39.0 Å². The Hall–Kier alpha value is -2.97. The summed E-state index contributed by atoms with van der Waals surface area (Å²) in [5.74, 6) is 1.29. The number of nitriles is 1. The highest BCUT2D eigenvalue weighted by atomic mass is 79.9. The lowest BCUT2D eigenvalue weighted by atomic mass is 9.82. The standard InChI is InChI=1S/C21H15BrN2O2/c1-25-18-9-7-13(10-17(18)22)19-15-8-6-12-4-2-3-5-14(12)20(15)26-21(24)16(19)11-23/h2-10,19H,24H2,1H3/t19-/m0/s1. The van der Waals surface area contributed by atoms with Crippen molar-refractivity contribution in [1.29, 1.82) is 5.26 Å². The third kappa shape index (κ3) is 2.51. The quantitative estimate of drug-likeness (QED) is 0.661. The highest BCUT2D eigenvalue weighted by Crippen LogP contribution is 2.46. The number of hydrogen-bond donors (Lipinski definition) is 1. The molecule has 1 aliphatic heterocycles. The molecule has 128 valence electrons. The van der Waals surface area contributed by atoms with Crippen LogP contribution < -0.4 is 15.2 Å². The van der Waals surface area contributed by atoms with Gasteiger partial charge in [0, 0.05) is 10.9 Å². The Bertz CT molecular complexity index is 1100. The molecule has 3 aromatic carbocycles. The van der Waals surface area contributed by atoms with Crippen molar-refractivity contribution in [1.82, 2.24) is 0 Å². The molecule has 0 saturated heterocycles. The lowest BCUT2D eigenvalue weighted by Gasteiger charge is -2.27. The molecule has 4 rings (SSSR count). The summed E-state index contributed by atoms with van der Waals surface area (Å²) in [5.41, 5.74) is 8.39. The third-order valence-electron chi connectivity index (χ3n) is 4.62. The molecule has 0 fully saturated rings. The fourth-order valence-corrected chi connectivity index (χ4v) is 3.95. The smallest absolute Gasteiger partial charge is 0.205 e. The lowest BCUT2D eigenvalue weighted by molar-refractivity contribution is 0.398. The van der Waals surface area contributed by atoms with Gasteiger partial charge >= 0.3 is 0 Å². The molecular formula is C21H15BrN2O2. The Kier molecular flexibility index (Phi) is 4.06. The first-order valence-corrected chi connectivity index (χ1v) is 8.86. The van der Waals surface area contributed by atoms with Gasteiger partial charge in [-0.3, -0.25) is 0 Å². The van der Waals surface area contributed by atoms with E-state index >= 15 is 0 Å². The molecule has 0 aromatic heterocycles. The molecule has 0 aliphatic carbocycles. The Balaban J connectivity index is 1.98. The SMILES string of the molecule is COc1ccc([C@@H]2C(C#N)=C(N)Oc3c2ccc2ccccc32)cc1Br. The molecule has 0 bridgehead atoms. The molecule has 2 N–H and O–H groups in total. The highest BCUT2D eigenvalue weighted by molar-refractivity contribution is 9.10. The molecule has 0 spiro atoms. The highest BCUT2D eigenvalue weighted by Gasteiger charge is 2.31. The van der Waals surface area contributed by atoms with Gasteiger partial charge in [0.1, 0.15) is 23.1 Å². The summed E-state index contributed by atoms with van der Waals surface area (Å²) >= 11 is 3.52. The number of nitrogens with two attached hydrogens (primary N) is 1. The van der Waals surface area contributed by atoms with E-state index in [0.717, 1.165) is 32.1 Å². The van der Waals surface area contributed by atoms with Crippen molar-refractivity contribution in [3.05, 3.63) is 81.7 Å². The van der Waals surface area contributed by atoms with Gasteiger partial charge in [0.15, 0.2) is 0 Å². The Labute approximate surface area is 159 Å². The van der Waals surface area contributed by atoms with Gasteiger partial charge in [0.25, 0.3) is 0 Å². The van der Waals surface area contributed by atoms with Crippen LogP contribution in [0.1, 0.15) is 17.0 Å². The fraction of sp³-hybridized carbons (Fsp3) is 0.0952. The number of allylic oxidation sites excluding steroid dienone is 1. The average molecular weight is 407 g/mol. The fourth-order valence-electron chi connectivity index (χ4n) is 3.39. The van der Waals surface area contributed by atoms with E-state index in [0.29, 0.717) is 11.3 Å². The van der Waals surface area contributed by atoms with Gasteiger partial charge in [0.05, 0.1) is 17.5 Å². The van der Waals surface area contributed by atoms with Crippen LogP contribution in [0.4, 0.5) is 0 Å². The van der Waals surface area contributed by atoms with Crippen LogP contribution in [0.5, 0.6) is 11.5 Å². The van der Waals surface area contributed by atoms with Crippen LogP contribution in [-0.2, 0) is 0 Å². The number of halogens is 1. The van der Waals surface area contributed by atoms with E-state index in [2.05, 4.69) is 22.0 Å². The molecule has 0 saturated carbocycles. The molecule has 1 aliphatic rings. The van der Waals surface area contributed by atoms with Crippen LogP contribution in [-0.4, -0.2) is 7.11 Å². The zero-order chi connectivity index (χ0) is 18.3. The minimum atomic E-state index is -0.296. The van der Waals surface area contributed by atoms with Crippen molar-refractivity contribution in [3.63, 3.8) is 0 Å². The molecule has 0 amide bonds. The van der Waals surface area contributed by atoms with Crippen molar-refractivity contribution < 1.29 is 9.47 Å². The Morgan fingerprint density at radius 3 is 2.69 bits per heavy atom. The number of fused-ring (bicyclic) bond motifs is 3. The monoisotopic (exact) mass is 406 g/mol. The summed E-state index contributed by atoms with van der Waals surface area (Å²) in [6, 6.07) is 20.0. The maximum absolute atomic E-state index is 9.70. The summed E-state index contributed by atoms with van der Waals surface area (Å²) < 4.78 is 12.0. The first-order valence-electron chi connectivity index (χ1n) is 8.06. The number of hydrogen-bond acceptors (Lipinski definition) is 4. The summed E-state index contributed by atoms with van der Waals surface area (Å²) in [4.78, 5) is 0. The minimum absolute atomic E-state index is 0.147. The molecule has 5 heteroatoms. The number of nitrogens with zero attached hydrogens (tertiary/aromatic N) is 1. The summed E-state index contributed by atoms with van der Waals surface area (Å²) in [6.07, 6.45) is 0. The van der Waals surface area contributed by atoms with E-state index in [9.17, 15) is 5.26 Å². The maximum atomic E-state index is 9.70. The molecule has 26 heavy (non-hydrogen) atoms. The first-order chi connectivity index (χ1) is 12.6. The van der Waals surface area contributed by atoms with E-state index in [-0.39, 0.29) is 11.8 Å².